The van der Waals surface area contributed by atoms with Crippen LogP contribution in [0.15, 0.2) is 71.7 Å². The van der Waals surface area contributed by atoms with E-state index in [1.165, 1.54) is 0 Å². The van der Waals surface area contributed by atoms with E-state index in [0.717, 1.165) is 11.1 Å². The monoisotopic (exact) mass is 302 g/mol. The highest BCUT2D eigenvalue weighted by atomic mass is 16.4. The maximum Gasteiger partial charge on any atom is 0.229 e. The van der Waals surface area contributed by atoms with Gasteiger partial charge in [0.2, 0.25) is 5.78 Å². The molecule has 0 spiro atoms. The minimum absolute atomic E-state index is 0.172. The van der Waals surface area contributed by atoms with E-state index < -0.39 is 6.10 Å². The molecule has 1 heterocycles. The van der Waals surface area contributed by atoms with Crippen LogP contribution in [0.25, 0.3) is 5.57 Å². The number of benzene rings is 2. The second kappa shape index (κ2) is 5.07. The Balaban J connectivity index is 1.81. The number of fused-ring (bicyclic) bond motifs is 2. The summed E-state index contributed by atoms with van der Waals surface area (Å²) in [5.74, 6) is 0.427. The van der Waals surface area contributed by atoms with Crippen LogP contribution in [0.1, 0.15) is 44.7 Å². The van der Waals surface area contributed by atoms with Crippen molar-refractivity contribution in [2.75, 3.05) is 0 Å². The standard InChI is InChI=1S/C20H14O3/c1-12-14-9-5-6-10-15(14)19(22)20-16(12)11-17(23-20)18(21)13-7-3-2-4-8-13/h2-11,18,21H,1H2. The SMILES string of the molecule is C=C1c2ccccc2C(=O)c2oc(C(O)c3ccccc3)cc21. The van der Waals surface area contributed by atoms with Gasteiger partial charge in [-0.25, -0.2) is 0 Å². The van der Waals surface area contributed by atoms with Crippen LogP contribution >= 0.6 is 0 Å². The van der Waals surface area contributed by atoms with Crippen LogP contribution in [0.4, 0.5) is 0 Å². The zero-order valence-electron chi connectivity index (χ0n) is 12.3. The van der Waals surface area contributed by atoms with Crippen molar-refractivity contribution in [1.82, 2.24) is 0 Å². The molecule has 0 saturated heterocycles. The fourth-order valence-electron chi connectivity index (χ4n) is 2.95. The number of aliphatic hydroxyl groups excluding tert-OH is 1. The first kappa shape index (κ1) is 13.7. The van der Waals surface area contributed by atoms with Gasteiger partial charge >= 0.3 is 0 Å². The fraction of sp³-hybridized carbons (Fsp3) is 0.0500. The van der Waals surface area contributed by atoms with E-state index in [1.807, 2.05) is 48.5 Å². The molecule has 3 nitrogen and oxygen atoms in total. The van der Waals surface area contributed by atoms with Crippen LogP contribution in [0, 0.1) is 0 Å². The molecule has 23 heavy (non-hydrogen) atoms. The van der Waals surface area contributed by atoms with Gasteiger partial charge in [0.1, 0.15) is 11.9 Å². The van der Waals surface area contributed by atoms with Gasteiger partial charge in [0.25, 0.3) is 0 Å². The lowest BCUT2D eigenvalue weighted by molar-refractivity contribution is 0.0999. The molecule has 0 aliphatic heterocycles. The molecule has 1 atom stereocenters. The number of carbonyl (C=O) groups is 1. The lowest BCUT2D eigenvalue weighted by atomic mass is 9.86. The van der Waals surface area contributed by atoms with Crippen LogP contribution in [-0.2, 0) is 0 Å². The minimum Gasteiger partial charge on any atom is -0.454 e. The van der Waals surface area contributed by atoms with Crippen molar-refractivity contribution >= 4 is 11.4 Å². The third kappa shape index (κ3) is 2.05. The molecule has 1 aliphatic rings. The highest BCUT2D eigenvalue weighted by molar-refractivity contribution is 6.17. The first-order valence-electron chi connectivity index (χ1n) is 7.37. The van der Waals surface area contributed by atoms with Crippen LogP contribution < -0.4 is 0 Å². The highest BCUT2D eigenvalue weighted by Gasteiger charge is 2.31. The van der Waals surface area contributed by atoms with Crippen molar-refractivity contribution in [2.24, 2.45) is 0 Å². The van der Waals surface area contributed by atoms with Crippen LogP contribution in [-0.4, -0.2) is 10.9 Å². The van der Waals surface area contributed by atoms with Crippen molar-refractivity contribution in [1.29, 1.82) is 0 Å². The molecule has 1 N–H and O–H groups in total. The van der Waals surface area contributed by atoms with E-state index in [9.17, 15) is 9.90 Å². The molecule has 1 aliphatic carbocycles. The Morgan fingerprint density at radius 1 is 0.913 bits per heavy atom. The third-order valence-electron chi connectivity index (χ3n) is 4.16. The second-order valence-corrected chi connectivity index (χ2v) is 5.56. The topological polar surface area (TPSA) is 50.4 Å². The molecule has 1 aromatic heterocycles. The molecule has 0 fully saturated rings. The number of furan rings is 1. The summed E-state index contributed by atoms with van der Waals surface area (Å²) >= 11 is 0. The van der Waals surface area contributed by atoms with E-state index in [1.54, 1.807) is 12.1 Å². The summed E-state index contributed by atoms with van der Waals surface area (Å²) in [4.78, 5) is 12.6. The molecule has 2 aromatic carbocycles. The van der Waals surface area contributed by atoms with Gasteiger partial charge in [-0.1, -0.05) is 61.2 Å². The quantitative estimate of drug-likeness (QED) is 0.609. The van der Waals surface area contributed by atoms with Gasteiger partial charge in [-0.05, 0) is 22.8 Å². The van der Waals surface area contributed by atoms with Crippen LogP contribution in [0.2, 0.25) is 0 Å². The minimum atomic E-state index is -0.912. The van der Waals surface area contributed by atoms with Crippen molar-refractivity contribution in [3.8, 4) is 0 Å². The third-order valence-corrected chi connectivity index (χ3v) is 4.16. The molecule has 112 valence electrons. The van der Waals surface area contributed by atoms with Gasteiger partial charge in [-0.15, -0.1) is 0 Å². The zero-order chi connectivity index (χ0) is 16.0. The molecule has 0 amide bonds. The molecule has 0 bridgehead atoms. The van der Waals surface area contributed by atoms with E-state index in [4.69, 9.17) is 4.42 Å². The molecule has 0 radical (unpaired) electrons. The Morgan fingerprint density at radius 2 is 1.57 bits per heavy atom. The highest BCUT2D eigenvalue weighted by Crippen LogP contribution is 2.38. The number of aliphatic hydroxyl groups is 1. The number of ketones is 1. The Kier molecular flexibility index (Phi) is 3.03. The Morgan fingerprint density at radius 3 is 2.30 bits per heavy atom. The smallest absolute Gasteiger partial charge is 0.229 e. The maximum absolute atomic E-state index is 12.6. The van der Waals surface area contributed by atoms with Crippen molar-refractivity contribution < 1.29 is 14.3 Å². The first-order chi connectivity index (χ1) is 11.2. The summed E-state index contributed by atoms with van der Waals surface area (Å²) in [5.41, 5.74) is 3.50. The Bertz CT molecular complexity index is 867. The summed E-state index contributed by atoms with van der Waals surface area (Å²) in [6.45, 7) is 4.08. The molecule has 1 unspecified atom stereocenters. The van der Waals surface area contributed by atoms with Crippen molar-refractivity contribution in [3.63, 3.8) is 0 Å². The maximum atomic E-state index is 12.6. The molecular formula is C20H14O3. The lowest BCUT2D eigenvalue weighted by Gasteiger charge is -2.15. The lowest BCUT2D eigenvalue weighted by Crippen LogP contribution is -2.11. The van der Waals surface area contributed by atoms with Gasteiger partial charge in [0.05, 0.1) is 0 Å². The van der Waals surface area contributed by atoms with Gasteiger partial charge in [0, 0.05) is 11.1 Å². The van der Waals surface area contributed by atoms with Gasteiger partial charge in [0.15, 0.2) is 5.76 Å². The number of hydrogen-bond acceptors (Lipinski definition) is 3. The number of rotatable bonds is 2. The molecule has 0 saturated carbocycles. The Hall–Kier alpha value is -2.91. The zero-order valence-corrected chi connectivity index (χ0v) is 12.3. The van der Waals surface area contributed by atoms with Crippen molar-refractivity contribution in [3.05, 3.63) is 101 Å². The summed E-state index contributed by atoms with van der Waals surface area (Å²) in [6, 6.07) is 18.3. The molecule has 3 heteroatoms. The summed E-state index contributed by atoms with van der Waals surface area (Å²) in [5, 5.41) is 10.5. The summed E-state index contributed by atoms with van der Waals surface area (Å²) in [7, 11) is 0. The summed E-state index contributed by atoms with van der Waals surface area (Å²) < 4.78 is 5.70. The van der Waals surface area contributed by atoms with Crippen molar-refractivity contribution in [2.45, 2.75) is 6.10 Å². The Labute approximate surface area is 133 Å². The van der Waals surface area contributed by atoms with Crippen LogP contribution in [0.5, 0.6) is 0 Å². The van der Waals surface area contributed by atoms with Gasteiger partial charge in [-0.3, -0.25) is 4.79 Å². The second-order valence-electron chi connectivity index (χ2n) is 5.56. The predicted molar refractivity (Wildman–Crippen MR) is 87.2 cm³/mol. The molecule has 4 rings (SSSR count). The van der Waals surface area contributed by atoms with E-state index in [2.05, 4.69) is 6.58 Å². The van der Waals surface area contributed by atoms with Gasteiger partial charge < -0.3 is 9.52 Å². The van der Waals surface area contributed by atoms with Gasteiger partial charge in [-0.2, -0.15) is 0 Å². The van der Waals surface area contributed by atoms with E-state index in [0.29, 0.717) is 22.5 Å². The molecular weight excluding hydrogens is 288 g/mol. The average molecular weight is 302 g/mol. The first-order valence-corrected chi connectivity index (χ1v) is 7.37. The number of carbonyl (C=O) groups excluding carboxylic acids is 1. The van der Waals surface area contributed by atoms with E-state index in [-0.39, 0.29) is 11.5 Å². The predicted octanol–water partition coefficient (Wildman–Crippen LogP) is 3.97. The largest absolute Gasteiger partial charge is 0.454 e. The fourth-order valence-corrected chi connectivity index (χ4v) is 2.95. The normalized spacial score (nSPS) is 14.3. The molecule has 3 aromatic rings. The van der Waals surface area contributed by atoms with Crippen LogP contribution in [0.3, 0.4) is 0 Å². The number of hydrogen-bond donors (Lipinski definition) is 1. The average Bonchev–Trinajstić information content (AvgIpc) is 3.05. The summed E-state index contributed by atoms with van der Waals surface area (Å²) in [6.07, 6.45) is -0.912. The van der Waals surface area contributed by atoms with E-state index >= 15 is 0 Å².